The summed E-state index contributed by atoms with van der Waals surface area (Å²) in [6, 6.07) is 11.0. The number of hydrogen-bond donors (Lipinski definition) is 2. The molecule has 1 amide bonds. The van der Waals surface area contributed by atoms with Crippen molar-refractivity contribution < 1.29 is 4.79 Å². The molecule has 122 valence electrons. The van der Waals surface area contributed by atoms with Crippen LogP contribution in [0.4, 0.5) is 0 Å². The summed E-state index contributed by atoms with van der Waals surface area (Å²) in [5, 5.41) is 14.7. The molecule has 2 bridgehead atoms. The van der Waals surface area contributed by atoms with Crippen molar-refractivity contribution in [2.45, 2.75) is 43.8 Å². The van der Waals surface area contributed by atoms with Crippen LogP contribution in [0, 0.1) is 0 Å². The molecule has 2 unspecified atom stereocenters. The maximum atomic E-state index is 12.3. The van der Waals surface area contributed by atoms with Crippen molar-refractivity contribution in [3.63, 3.8) is 0 Å². The van der Waals surface area contributed by atoms with E-state index in [1.165, 1.54) is 12.8 Å². The summed E-state index contributed by atoms with van der Waals surface area (Å²) in [5.41, 5.74) is 1.27. The van der Waals surface area contributed by atoms with Gasteiger partial charge in [-0.15, -0.1) is 17.5 Å². The number of fused-ring (bicyclic) bond motifs is 2. The molecule has 6 nitrogen and oxygen atoms in total. The molecule has 0 aliphatic carbocycles. The van der Waals surface area contributed by atoms with Gasteiger partial charge in [0.2, 0.25) is 0 Å². The largest absolute Gasteiger partial charge is 0.348 e. The predicted molar refractivity (Wildman–Crippen MR) is 89.0 cm³/mol. The van der Waals surface area contributed by atoms with Crippen LogP contribution < -0.4 is 10.6 Å². The highest BCUT2D eigenvalue weighted by molar-refractivity contribution is 5.92. The molecular formula is C16H20ClN5O. The van der Waals surface area contributed by atoms with Crippen LogP contribution in [0.1, 0.15) is 36.2 Å². The fourth-order valence-electron chi connectivity index (χ4n) is 3.51. The van der Waals surface area contributed by atoms with Gasteiger partial charge in [-0.1, -0.05) is 23.4 Å². The molecule has 0 radical (unpaired) electrons. The van der Waals surface area contributed by atoms with Gasteiger partial charge < -0.3 is 10.6 Å². The van der Waals surface area contributed by atoms with E-state index in [0.29, 0.717) is 17.8 Å². The van der Waals surface area contributed by atoms with Crippen molar-refractivity contribution >= 4 is 18.3 Å². The Hall–Kier alpha value is -1.92. The molecule has 1 aromatic heterocycles. The fourth-order valence-corrected chi connectivity index (χ4v) is 3.51. The van der Waals surface area contributed by atoms with E-state index in [0.717, 1.165) is 18.5 Å². The minimum absolute atomic E-state index is 0. The Kier molecular flexibility index (Phi) is 4.63. The zero-order valence-electron chi connectivity index (χ0n) is 12.7. The van der Waals surface area contributed by atoms with Crippen LogP contribution in [-0.2, 0) is 0 Å². The standard InChI is InChI=1S/C16H19N5O.ClH/c22-16(18-13-8-11-6-7-12(9-13)17-11)15-10-21(20-19-15)14-4-2-1-3-5-14;/h1-5,10-13,17H,6-9H2,(H,18,22);1H. The number of aromatic nitrogens is 3. The molecule has 2 fully saturated rings. The van der Waals surface area contributed by atoms with Gasteiger partial charge in [-0.2, -0.15) is 0 Å². The van der Waals surface area contributed by atoms with E-state index in [4.69, 9.17) is 0 Å². The van der Waals surface area contributed by atoms with Gasteiger partial charge in [0.15, 0.2) is 5.69 Å². The van der Waals surface area contributed by atoms with Crippen LogP contribution in [-0.4, -0.2) is 39.0 Å². The number of carbonyl (C=O) groups excluding carboxylic acids is 1. The number of halogens is 1. The molecule has 2 N–H and O–H groups in total. The van der Waals surface area contributed by atoms with Crippen LogP contribution >= 0.6 is 12.4 Å². The summed E-state index contributed by atoms with van der Waals surface area (Å²) < 4.78 is 1.63. The quantitative estimate of drug-likeness (QED) is 0.897. The van der Waals surface area contributed by atoms with Crippen LogP contribution in [0.15, 0.2) is 36.5 Å². The second-order valence-corrected chi connectivity index (χ2v) is 6.16. The second-order valence-electron chi connectivity index (χ2n) is 6.16. The minimum atomic E-state index is -0.131. The van der Waals surface area contributed by atoms with Gasteiger partial charge in [-0.3, -0.25) is 4.79 Å². The molecule has 7 heteroatoms. The van der Waals surface area contributed by atoms with Gasteiger partial charge in [-0.25, -0.2) is 4.68 Å². The van der Waals surface area contributed by atoms with Crippen LogP contribution in [0.25, 0.3) is 5.69 Å². The van der Waals surface area contributed by atoms with Gasteiger partial charge in [0, 0.05) is 18.1 Å². The number of hydrogen-bond acceptors (Lipinski definition) is 4. The molecule has 1 aromatic carbocycles. The highest BCUT2D eigenvalue weighted by Crippen LogP contribution is 2.26. The fraction of sp³-hybridized carbons (Fsp3) is 0.438. The number of rotatable bonds is 3. The number of nitrogens with one attached hydrogen (secondary N) is 2. The summed E-state index contributed by atoms with van der Waals surface area (Å²) in [7, 11) is 0. The van der Waals surface area contributed by atoms with Crippen LogP contribution in [0.2, 0.25) is 0 Å². The van der Waals surface area contributed by atoms with E-state index < -0.39 is 0 Å². The Morgan fingerprint density at radius 1 is 1.17 bits per heavy atom. The van der Waals surface area contributed by atoms with E-state index in [1.54, 1.807) is 10.9 Å². The lowest BCUT2D eigenvalue weighted by Crippen LogP contribution is -2.48. The van der Waals surface area contributed by atoms with E-state index in [-0.39, 0.29) is 24.4 Å². The lowest BCUT2D eigenvalue weighted by atomic mass is 10.00. The molecule has 2 aliphatic rings. The summed E-state index contributed by atoms with van der Waals surface area (Å²) in [5.74, 6) is -0.131. The number of para-hydroxylation sites is 1. The van der Waals surface area contributed by atoms with Gasteiger partial charge in [-0.05, 0) is 37.8 Å². The van der Waals surface area contributed by atoms with Crippen LogP contribution in [0.5, 0.6) is 0 Å². The third-order valence-corrected chi connectivity index (χ3v) is 4.56. The number of piperidine rings is 1. The van der Waals surface area contributed by atoms with Gasteiger partial charge >= 0.3 is 0 Å². The Balaban J connectivity index is 0.00000156. The number of carbonyl (C=O) groups is 1. The molecule has 4 rings (SSSR count). The Bertz CT molecular complexity index is 662. The molecule has 2 aromatic rings. The maximum Gasteiger partial charge on any atom is 0.273 e. The van der Waals surface area contributed by atoms with Gasteiger partial charge in [0.05, 0.1) is 11.9 Å². The average molecular weight is 334 g/mol. The van der Waals surface area contributed by atoms with Crippen molar-refractivity contribution in [1.29, 1.82) is 0 Å². The Morgan fingerprint density at radius 3 is 2.57 bits per heavy atom. The smallest absolute Gasteiger partial charge is 0.273 e. The summed E-state index contributed by atoms with van der Waals surface area (Å²) in [6.07, 6.45) is 6.15. The van der Waals surface area contributed by atoms with Crippen molar-refractivity contribution in [2.75, 3.05) is 0 Å². The number of amides is 1. The Morgan fingerprint density at radius 2 is 1.87 bits per heavy atom. The predicted octanol–water partition coefficient (Wildman–Crippen LogP) is 1.70. The summed E-state index contributed by atoms with van der Waals surface area (Å²) >= 11 is 0. The van der Waals surface area contributed by atoms with Gasteiger partial charge in [0.1, 0.15) is 0 Å². The van der Waals surface area contributed by atoms with Crippen molar-refractivity contribution in [1.82, 2.24) is 25.6 Å². The van der Waals surface area contributed by atoms with Gasteiger partial charge in [0.25, 0.3) is 5.91 Å². The molecular weight excluding hydrogens is 314 g/mol. The first kappa shape index (κ1) is 16.0. The SMILES string of the molecule is Cl.O=C(NC1CC2CCC(C1)N2)c1cn(-c2ccccc2)nn1. The lowest BCUT2D eigenvalue weighted by molar-refractivity contribution is 0.0919. The lowest BCUT2D eigenvalue weighted by Gasteiger charge is -2.29. The van der Waals surface area contributed by atoms with E-state index >= 15 is 0 Å². The van der Waals surface area contributed by atoms with E-state index in [9.17, 15) is 4.79 Å². The first-order valence-electron chi connectivity index (χ1n) is 7.82. The Labute approximate surface area is 141 Å². The first-order chi connectivity index (χ1) is 10.8. The molecule has 0 spiro atoms. The minimum Gasteiger partial charge on any atom is -0.348 e. The molecule has 0 saturated carbocycles. The van der Waals surface area contributed by atoms with Crippen molar-refractivity contribution in [3.8, 4) is 5.69 Å². The second kappa shape index (κ2) is 6.68. The van der Waals surface area contributed by atoms with E-state index in [1.807, 2.05) is 30.3 Å². The zero-order chi connectivity index (χ0) is 14.9. The molecule has 23 heavy (non-hydrogen) atoms. The molecule has 2 atom stereocenters. The molecule has 3 heterocycles. The third kappa shape index (κ3) is 3.38. The third-order valence-electron chi connectivity index (χ3n) is 4.56. The van der Waals surface area contributed by atoms with Crippen LogP contribution in [0.3, 0.4) is 0 Å². The first-order valence-corrected chi connectivity index (χ1v) is 7.82. The maximum absolute atomic E-state index is 12.3. The summed E-state index contributed by atoms with van der Waals surface area (Å²) in [6.45, 7) is 0. The number of benzene rings is 1. The van der Waals surface area contributed by atoms with E-state index in [2.05, 4.69) is 20.9 Å². The average Bonchev–Trinajstić information content (AvgIpc) is 3.15. The molecule has 2 saturated heterocycles. The van der Waals surface area contributed by atoms with Crippen molar-refractivity contribution in [2.24, 2.45) is 0 Å². The highest BCUT2D eigenvalue weighted by Gasteiger charge is 2.34. The zero-order valence-corrected chi connectivity index (χ0v) is 13.5. The summed E-state index contributed by atoms with van der Waals surface area (Å²) in [4.78, 5) is 12.3. The molecule has 2 aliphatic heterocycles. The topological polar surface area (TPSA) is 71.8 Å². The number of nitrogens with zero attached hydrogens (tertiary/aromatic N) is 3. The highest BCUT2D eigenvalue weighted by atomic mass is 35.5. The monoisotopic (exact) mass is 333 g/mol. The van der Waals surface area contributed by atoms with Crippen molar-refractivity contribution in [3.05, 3.63) is 42.2 Å². The normalized spacial score (nSPS) is 25.7.